The number of ether oxygens (including phenoxy) is 2. The average molecular weight is 504 g/mol. The summed E-state index contributed by atoms with van der Waals surface area (Å²) in [6.07, 6.45) is 1.24. The first-order chi connectivity index (χ1) is 17.4. The summed E-state index contributed by atoms with van der Waals surface area (Å²) >= 11 is 0. The van der Waals surface area contributed by atoms with E-state index in [-0.39, 0.29) is 69.1 Å². The van der Waals surface area contributed by atoms with Crippen molar-refractivity contribution in [3.63, 3.8) is 0 Å². The van der Waals surface area contributed by atoms with E-state index in [4.69, 9.17) is 9.47 Å². The molecule has 11 heteroatoms. The molecule has 2 aliphatic rings. The minimum atomic E-state index is -0.630. The first-order valence-corrected chi connectivity index (χ1v) is 12.4. The SMILES string of the molecule is CN(C)[C@@H]1CCN2C(=O)CN(CCNC(=O)c3ccccc3)C(=O)COCCOCCNC(=O)[C@H]2C1. The molecule has 4 amide bonds. The van der Waals surface area contributed by atoms with Crippen molar-refractivity contribution >= 4 is 23.6 Å². The van der Waals surface area contributed by atoms with Gasteiger partial charge in [-0.1, -0.05) is 18.2 Å². The van der Waals surface area contributed by atoms with Gasteiger partial charge in [-0.15, -0.1) is 0 Å². The third kappa shape index (κ3) is 8.00. The second-order valence-electron chi connectivity index (χ2n) is 9.14. The van der Waals surface area contributed by atoms with E-state index in [1.54, 1.807) is 29.2 Å². The molecule has 3 rings (SSSR count). The van der Waals surface area contributed by atoms with E-state index in [1.807, 2.05) is 20.2 Å². The Morgan fingerprint density at radius 3 is 2.58 bits per heavy atom. The van der Waals surface area contributed by atoms with Crippen molar-refractivity contribution in [3.8, 4) is 0 Å². The lowest BCUT2D eigenvalue weighted by Crippen LogP contribution is -2.59. The average Bonchev–Trinajstić information content (AvgIpc) is 2.89. The van der Waals surface area contributed by atoms with Crippen molar-refractivity contribution in [2.75, 3.05) is 73.2 Å². The van der Waals surface area contributed by atoms with Crippen LogP contribution in [0, 0.1) is 0 Å². The van der Waals surface area contributed by atoms with Crippen LogP contribution in [0.15, 0.2) is 30.3 Å². The summed E-state index contributed by atoms with van der Waals surface area (Å²) in [4.78, 5) is 56.7. The third-order valence-corrected chi connectivity index (χ3v) is 6.45. The maximum atomic E-state index is 13.4. The monoisotopic (exact) mass is 503 g/mol. The predicted octanol–water partition coefficient (Wildman–Crippen LogP) is -0.671. The van der Waals surface area contributed by atoms with Gasteiger partial charge in [0.05, 0.1) is 26.4 Å². The van der Waals surface area contributed by atoms with Gasteiger partial charge in [0.15, 0.2) is 0 Å². The molecular formula is C25H37N5O6. The molecule has 36 heavy (non-hydrogen) atoms. The molecule has 2 saturated heterocycles. The van der Waals surface area contributed by atoms with Crippen molar-refractivity contribution in [1.29, 1.82) is 0 Å². The molecule has 0 unspecified atom stereocenters. The molecule has 0 aromatic heterocycles. The van der Waals surface area contributed by atoms with E-state index >= 15 is 0 Å². The highest BCUT2D eigenvalue weighted by Crippen LogP contribution is 2.21. The maximum absolute atomic E-state index is 13.4. The minimum Gasteiger partial charge on any atom is -0.377 e. The number of rotatable bonds is 5. The number of carbonyl (C=O) groups is 4. The second kappa shape index (κ2) is 13.9. The number of hydrogen-bond acceptors (Lipinski definition) is 7. The highest BCUT2D eigenvalue weighted by atomic mass is 16.5. The van der Waals surface area contributed by atoms with Gasteiger partial charge in [0, 0.05) is 37.8 Å². The first-order valence-electron chi connectivity index (χ1n) is 12.4. The number of fused-ring (bicyclic) bond motifs is 1. The van der Waals surface area contributed by atoms with Crippen LogP contribution >= 0.6 is 0 Å². The predicted molar refractivity (Wildman–Crippen MR) is 132 cm³/mol. The number of nitrogens with zero attached hydrogens (tertiary/aromatic N) is 3. The Hall–Kier alpha value is -3.02. The summed E-state index contributed by atoms with van der Waals surface area (Å²) in [5.74, 6) is -1.15. The van der Waals surface area contributed by atoms with Gasteiger partial charge in [0.1, 0.15) is 12.6 Å². The molecule has 2 atom stereocenters. The molecule has 2 heterocycles. The van der Waals surface area contributed by atoms with E-state index in [9.17, 15) is 19.2 Å². The van der Waals surface area contributed by atoms with Crippen LogP contribution in [-0.4, -0.2) is 124 Å². The zero-order valence-electron chi connectivity index (χ0n) is 21.1. The van der Waals surface area contributed by atoms with Gasteiger partial charge in [0.25, 0.3) is 5.91 Å². The summed E-state index contributed by atoms with van der Waals surface area (Å²) in [6.45, 7) is 1.46. The smallest absolute Gasteiger partial charge is 0.251 e. The van der Waals surface area contributed by atoms with Crippen LogP contribution in [0.5, 0.6) is 0 Å². The number of amides is 4. The Labute approximate surface area is 212 Å². The largest absolute Gasteiger partial charge is 0.377 e. The molecule has 0 spiro atoms. The lowest BCUT2D eigenvalue weighted by Gasteiger charge is -2.41. The Balaban J connectivity index is 1.70. The lowest BCUT2D eigenvalue weighted by atomic mass is 9.95. The van der Waals surface area contributed by atoms with Gasteiger partial charge in [0.2, 0.25) is 17.7 Å². The fourth-order valence-corrected chi connectivity index (χ4v) is 4.34. The summed E-state index contributed by atoms with van der Waals surface area (Å²) < 4.78 is 10.9. The molecule has 2 aliphatic heterocycles. The highest BCUT2D eigenvalue weighted by Gasteiger charge is 2.37. The van der Waals surface area contributed by atoms with Gasteiger partial charge >= 0.3 is 0 Å². The van der Waals surface area contributed by atoms with E-state index in [2.05, 4.69) is 15.5 Å². The van der Waals surface area contributed by atoms with E-state index in [0.29, 0.717) is 31.7 Å². The van der Waals surface area contributed by atoms with Crippen LogP contribution in [0.2, 0.25) is 0 Å². The Kier molecular flexibility index (Phi) is 10.6. The summed E-state index contributed by atoms with van der Waals surface area (Å²) in [5, 5.41) is 5.66. The molecule has 1 aromatic carbocycles. The van der Waals surface area contributed by atoms with Crippen molar-refractivity contribution in [2.24, 2.45) is 0 Å². The third-order valence-electron chi connectivity index (χ3n) is 6.45. The molecule has 0 radical (unpaired) electrons. The standard InChI is InChI=1S/C25H37N5O6/c1-28(2)20-8-11-30-21(16-20)25(34)27-10-13-35-14-15-36-18-23(32)29(17-22(30)31)12-9-26-24(33)19-6-4-3-5-7-19/h3-7,20-21H,8-18H2,1-2H3,(H,26,33)(H,27,34)/t20-,21-/m1/s1. The molecule has 11 nitrogen and oxygen atoms in total. The summed E-state index contributed by atoms with van der Waals surface area (Å²) in [5.41, 5.74) is 0.512. The van der Waals surface area contributed by atoms with Crippen LogP contribution in [-0.2, 0) is 23.9 Å². The molecular weight excluding hydrogens is 466 g/mol. The normalized spacial score (nSPS) is 22.9. The van der Waals surface area contributed by atoms with Gasteiger partial charge in [-0.25, -0.2) is 0 Å². The molecule has 1 aromatic rings. The number of hydrogen-bond donors (Lipinski definition) is 2. The van der Waals surface area contributed by atoms with Crippen molar-refractivity contribution in [3.05, 3.63) is 35.9 Å². The van der Waals surface area contributed by atoms with E-state index in [1.165, 1.54) is 4.90 Å². The van der Waals surface area contributed by atoms with Gasteiger partial charge in [-0.05, 0) is 39.1 Å². The minimum absolute atomic E-state index is 0.133. The molecule has 0 aliphatic carbocycles. The fraction of sp³-hybridized carbons (Fsp3) is 0.600. The molecule has 0 saturated carbocycles. The van der Waals surface area contributed by atoms with Gasteiger partial charge in [-0.2, -0.15) is 0 Å². The lowest BCUT2D eigenvalue weighted by molar-refractivity contribution is -0.148. The van der Waals surface area contributed by atoms with Crippen molar-refractivity contribution in [1.82, 2.24) is 25.3 Å². The molecule has 198 valence electrons. The highest BCUT2D eigenvalue weighted by molar-refractivity contribution is 5.94. The summed E-state index contributed by atoms with van der Waals surface area (Å²) in [6, 6.07) is 8.31. The van der Waals surface area contributed by atoms with Crippen LogP contribution in [0.25, 0.3) is 0 Å². The van der Waals surface area contributed by atoms with Gasteiger partial charge < -0.3 is 34.8 Å². The number of piperidine rings is 1. The second-order valence-corrected chi connectivity index (χ2v) is 9.14. The van der Waals surface area contributed by atoms with Crippen LogP contribution in [0.4, 0.5) is 0 Å². The zero-order valence-corrected chi connectivity index (χ0v) is 21.1. The summed E-state index contributed by atoms with van der Waals surface area (Å²) in [7, 11) is 3.93. The van der Waals surface area contributed by atoms with Crippen molar-refractivity contribution < 1.29 is 28.7 Å². The number of benzene rings is 1. The molecule has 0 bridgehead atoms. The number of carbonyl (C=O) groups excluding carboxylic acids is 4. The molecule has 2 fully saturated rings. The van der Waals surface area contributed by atoms with Crippen LogP contribution in [0.3, 0.4) is 0 Å². The van der Waals surface area contributed by atoms with Crippen molar-refractivity contribution in [2.45, 2.75) is 24.9 Å². The topological polar surface area (TPSA) is 121 Å². The first kappa shape index (κ1) is 27.6. The molecule has 2 N–H and O–H groups in total. The van der Waals surface area contributed by atoms with E-state index in [0.717, 1.165) is 6.42 Å². The Bertz CT molecular complexity index is 896. The Morgan fingerprint density at radius 2 is 1.83 bits per heavy atom. The van der Waals surface area contributed by atoms with E-state index < -0.39 is 6.04 Å². The van der Waals surface area contributed by atoms with Crippen LogP contribution < -0.4 is 10.6 Å². The Morgan fingerprint density at radius 1 is 1.08 bits per heavy atom. The number of nitrogens with one attached hydrogen (secondary N) is 2. The quantitative estimate of drug-likeness (QED) is 0.547. The zero-order chi connectivity index (χ0) is 25.9. The van der Waals surface area contributed by atoms with Gasteiger partial charge in [-0.3, -0.25) is 19.2 Å². The maximum Gasteiger partial charge on any atom is 0.251 e. The fourth-order valence-electron chi connectivity index (χ4n) is 4.34. The van der Waals surface area contributed by atoms with Crippen LogP contribution in [0.1, 0.15) is 23.2 Å².